The lowest BCUT2D eigenvalue weighted by atomic mass is 9.68. The predicted molar refractivity (Wildman–Crippen MR) is 80.2 cm³/mol. The number of benzene rings is 1. The van der Waals surface area contributed by atoms with Gasteiger partial charge in [-0.1, -0.05) is 15.9 Å². The van der Waals surface area contributed by atoms with Gasteiger partial charge in [0.25, 0.3) is 6.02 Å². The molecule has 0 radical (unpaired) electrons. The van der Waals surface area contributed by atoms with Crippen molar-refractivity contribution in [3.05, 3.63) is 28.2 Å². The second-order valence-electron chi connectivity index (χ2n) is 5.85. The quantitative estimate of drug-likeness (QED) is 0.777. The molecule has 1 aromatic rings. The molecule has 3 atom stereocenters. The molecule has 1 spiro atoms. The third kappa shape index (κ3) is 1.88. The molecule has 21 heavy (non-hydrogen) atoms. The van der Waals surface area contributed by atoms with Crippen molar-refractivity contribution in [2.45, 2.75) is 30.9 Å². The first-order chi connectivity index (χ1) is 10.1. The fourth-order valence-electron chi connectivity index (χ4n) is 3.72. The summed E-state index contributed by atoms with van der Waals surface area (Å²) in [5.41, 5.74) is 6.27. The van der Waals surface area contributed by atoms with E-state index >= 15 is 0 Å². The summed E-state index contributed by atoms with van der Waals surface area (Å²) in [6, 6.07) is 6.09. The number of amidine groups is 1. The number of nitrogens with zero attached hydrogens (tertiary/aromatic N) is 1. The van der Waals surface area contributed by atoms with Crippen molar-refractivity contribution in [1.82, 2.24) is 0 Å². The molecule has 5 nitrogen and oxygen atoms in total. The van der Waals surface area contributed by atoms with Gasteiger partial charge in [-0.05, 0) is 24.6 Å². The number of halogens is 1. The molecule has 2 heterocycles. The molecule has 0 amide bonds. The smallest absolute Gasteiger partial charge is 0.283 e. The Morgan fingerprint density at radius 3 is 3.05 bits per heavy atom. The van der Waals surface area contributed by atoms with Crippen molar-refractivity contribution in [3.8, 4) is 5.75 Å². The van der Waals surface area contributed by atoms with E-state index in [1.165, 1.54) is 0 Å². The van der Waals surface area contributed by atoms with E-state index in [4.69, 9.17) is 15.2 Å². The van der Waals surface area contributed by atoms with Crippen molar-refractivity contribution in [2.24, 2.45) is 16.6 Å². The number of ether oxygens (including phenoxy) is 2. The Morgan fingerprint density at radius 2 is 2.29 bits per heavy atom. The van der Waals surface area contributed by atoms with Crippen LogP contribution in [0.1, 0.15) is 24.8 Å². The zero-order valence-corrected chi connectivity index (χ0v) is 12.9. The fraction of sp³-hybridized carbons (Fsp3) is 0.467. The summed E-state index contributed by atoms with van der Waals surface area (Å²) in [6.07, 6.45) is 1.64. The van der Waals surface area contributed by atoms with Crippen LogP contribution in [0.4, 0.5) is 0 Å². The molecule has 1 aliphatic carbocycles. The summed E-state index contributed by atoms with van der Waals surface area (Å²) in [6.45, 7) is 0.418. The number of hydrogen-bond donors (Lipinski definition) is 1. The molecule has 3 aliphatic rings. The monoisotopic (exact) mass is 350 g/mol. The van der Waals surface area contributed by atoms with Crippen molar-refractivity contribution in [2.75, 3.05) is 6.61 Å². The Balaban J connectivity index is 1.89. The Hall–Kier alpha value is -1.56. The van der Waals surface area contributed by atoms with Crippen LogP contribution in [0, 0.1) is 5.92 Å². The van der Waals surface area contributed by atoms with Crippen LogP contribution >= 0.6 is 15.9 Å². The number of nitrogens with two attached hydrogens (primary N) is 1. The van der Waals surface area contributed by atoms with Gasteiger partial charge in [-0.25, -0.2) is 4.99 Å². The summed E-state index contributed by atoms with van der Waals surface area (Å²) in [7, 11) is 0. The molecule has 0 aromatic heterocycles. The first kappa shape index (κ1) is 13.1. The lowest BCUT2D eigenvalue weighted by Crippen LogP contribution is -2.51. The van der Waals surface area contributed by atoms with E-state index in [1.54, 1.807) is 0 Å². The van der Waals surface area contributed by atoms with Crippen LogP contribution < -0.4 is 10.5 Å². The number of rotatable bonds is 0. The molecule has 6 heteroatoms. The normalized spacial score (nSPS) is 33.8. The first-order valence-electron chi connectivity index (χ1n) is 7.05. The molecule has 1 saturated carbocycles. The summed E-state index contributed by atoms with van der Waals surface area (Å²) < 4.78 is 12.5. The highest BCUT2D eigenvalue weighted by Crippen LogP contribution is 2.52. The van der Waals surface area contributed by atoms with Gasteiger partial charge in [-0.2, -0.15) is 0 Å². The van der Waals surface area contributed by atoms with E-state index in [1.807, 2.05) is 18.2 Å². The highest BCUT2D eigenvalue weighted by atomic mass is 79.9. The average molecular weight is 351 g/mol. The van der Waals surface area contributed by atoms with Gasteiger partial charge in [0.05, 0.1) is 0 Å². The van der Waals surface area contributed by atoms with E-state index in [0.29, 0.717) is 19.4 Å². The Kier molecular flexibility index (Phi) is 2.79. The third-order valence-corrected chi connectivity index (χ3v) is 5.15. The van der Waals surface area contributed by atoms with Gasteiger partial charge in [0.15, 0.2) is 0 Å². The highest BCUT2D eigenvalue weighted by molar-refractivity contribution is 9.10. The van der Waals surface area contributed by atoms with E-state index in [9.17, 15) is 4.79 Å². The van der Waals surface area contributed by atoms with Gasteiger partial charge >= 0.3 is 0 Å². The Bertz CT molecular complexity index is 660. The van der Waals surface area contributed by atoms with Gasteiger partial charge in [-0.3, -0.25) is 4.79 Å². The molecule has 2 N–H and O–H groups in total. The van der Waals surface area contributed by atoms with Gasteiger partial charge in [0.2, 0.25) is 0 Å². The van der Waals surface area contributed by atoms with E-state index in [-0.39, 0.29) is 23.8 Å². The average Bonchev–Trinajstić information content (AvgIpc) is 2.83. The van der Waals surface area contributed by atoms with E-state index in [0.717, 1.165) is 22.2 Å². The number of Topliss-reactive ketones (excluding diaryl/α,β-unsaturated/α-hetero) is 1. The molecular formula is C15H15BrN2O3. The standard InChI is InChI=1S/C15H15BrN2O3/c16-8-1-4-12-11(5-8)15(7-20-14(17)18-15)10-3-2-9(19)6-13(10)21-12/h1,4-5,10,13H,2-3,6-7H2,(H2,17,18)/t10-,13-,15?/m0/s1. The van der Waals surface area contributed by atoms with Crippen LogP contribution in [0.2, 0.25) is 0 Å². The van der Waals surface area contributed by atoms with Crippen LogP contribution in [0.25, 0.3) is 0 Å². The zero-order chi connectivity index (χ0) is 14.6. The largest absolute Gasteiger partial charge is 0.489 e. The molecule has 4 rings (SSSR count). The summed E-state index contributed by atoms with van der Waals surface area (Å²) in [5, 5.41) is 0. The number of fused-ring (bicyclic) bond motifs is 4. The molecule has 1 unspecified atom stereocenters. The molecular weight excluding hydrogens is 336 g/mol. The Morgan fingerprint density at radius 1 is 1.43 bits per heavy atom. The van der Waals surface area contributed by atoms with Crippen molar-refractivity contribution in [1.29, 1.82) is 0 Å². The maximum absolute atomic E-state index is 11.8. The Labute approximate surface area is 130 Å². The maximum Gasteiger partial charge on any atom is 0.283 e. The van der Waals surface area contributed by atoms with Crippen LogP contribution in [0.5, 0.6) is 5.75 Å². The molecule has 2 aliphatic heterocycles. The molecule has 110 valence electrons. The molecule has 0 bridgehead atoms. The number of carbonyl (C=O) groups excluding carboxylic acids is 1. The van der Waals surface area contributed by atoms with Crippen molar-refractivity contribution in [3.63, 3.8) is 0 Å². The minimum Gasteiger partial charge on any atom is -0.489 e. The number of hydrogen-bond acceptors (Lipinski definition) is 5. The van der Waals surface area contributed by atoms with Gasteiger partial charge < -0.3 is 15.2 Å². The van der Waals surface area contributed by atoms with Crippen LogP contribution in [0.15, 0.2) is 27.7 Å². The fourth-order valence-corrected chi connectivity index (χ4v) is 4.08. The minimum atomic E-state index is -0.521. The molecule has 1 aromatic carbocycles. The summed E-state index contributed by atoms with van der Waals surface area (Å²) >= 11 is 3.50. The highest BCUT2D eigenvalue weighted by Gasteiger charge is 2.55. The number of ketones is 1. The van der Waals surface area contributed by atoms with E-state index < -0.39 is 5.54 Å². The van der Waals surface area contributed by atoms with Crippen molar-refractivity contribution >= 4 is 27.7 Å². The van der Waals surface area contributed by atoms with Crippen LogP contribution in [-0.4, -0.2) is 24.5 Å². The van der Waals surface area contributed by atoms with Crippen LogP contribution in [-0.2, 0) is 15.1 Å². The zero-order valence-electron chi connectivity index (χ0n) is 11.3. The lowest BCUT2D eigenvalue weighted by molar-refractivity contribution is -0.126. The van der Waals surface area contributed by atoms with Gasteiger partial charge in [0.1, 0.15) is 29.8 Å². The van der Waals surface area contributed by atoms with Gasteiger partial charge in [0, 0.05) is 28.8 Å². The minimum absolute atomic E-state index is 0.123. The first-order valence-corrected chi connectivity index (χ1v) is 7.84. The number of aliphatic imine (C=N–C) groups is 1. The van der Waals surface area contributed by atoms with Gasteiger partial charge in [-0.15, -0.1) is 0 Å². The van der Waals surface area contributed by atoms with Crippen LogP contribution in [0.3, 0.4) is 0 Å². The third-order valence-electron chi connectivity index (χ3n) is 4.66. The summed E-state index contributed by atoms with van der Waals surface area (Å²) in [5.74, 6) is 1.15. The second-order valence-corrected chi connectivity index (χ2v) is 6.76. The van der Waals surface area contributed by atoms with Crippen molar-refractivity contribution < 1.29 is 14.3 Å². The SMILES string of the molecule is NC1=NC2(CO1)c1cc(Br)ccc1O[C@H]1CC(=O)CC[C@@H]12. The maximum atomic E-state index is 11.8. The summed E-state index contributed by atoms with van der Waals surface area (Å²) in [4.78, 5) is 16.4. The second kappa shape index (κ2) is 4.47. The number of carbonyl (C=O) groups is 1. The predicted octanol–water partition coefficient (Wildman–Crippen LogP) is 2.12. The topological polar surface area (TPSA) is 73.9 Å². The van der Waals surface area contributed by atoms with E-state index in [2.05, 4.69) is 20.9 Å². The lowest BCUT2D eigenvalue weighted by Gasteiger charge is -2.45. The molecule has 0 saturated heterocycles. The molecule has 1 fully saturated rings.